The molecule has 0 spiro atoms. The van der Waals surface area contributed by atoms with Crippen LogP contribution in [0.5, 0.6) is 5.75 Å². The summed E-state index contributed by atoms with van der Waals surface area (Å²) in [6.45, 7) is 1.93. The molecule has 140 valence electrons. The van der Waals surface area contributed by atoms with Gasteiger partial charge < -0.3 is 15.2 Å². The second-order valence-electron chi connectivity index (χ2n) is 7.11. The number of carbonyl (C=O) groups is 1. The molecule has 0 saturated heterocycles. The molecule has 4 heteroatoms. The van der Waals surface area contributed by atoms with E-state index in [4.69, 9.17) is 4.74 Å². The molecule has 0 aliphatic carbocycles. The van der Waals surface area contributed by atoms with Crippen LogP contribution in [-0.2, 0) is 17.6 Å². The van der Waals surface area contributed by atoms with Crippen LogP contribution in [0, 0.1) is 0 Å². The summed E-state index contributed by atoms with van der Waals surface area (Å²) >= 11 is 0. The molecule has 1 amide bonds. The number of ether oxygens (including phenoxy) is 1. The molecule has 1 unspecified atom stereocenters. The smallest absolute Gasteiger partial charge is 0.224 e. The van der Waals surface area contributed by atoms with Crippen molar-refractivity contribution in [1.29, 1.82) is 0 Å². The third-order valence-corrected chi connectivity index (χ3v) is 4.64. The van der Waals surface area contributed by atoms with E-state index in [0.717, 1.165) is 27.6 Å². The van der Waals surface area contributed by atoms with Gasteiger partial charge in [-0.3, -0.25) is 4.79 Å². The van der Waals surface area contributed by atoms with Gasteiger partial charge in [-0.15, -0.1) is 0 Å². The van der Waals surface area contributed by atoms with Gasteiger partial charge in [0.1, 0.15) is 5.75 Å². The lowest BCUT2D eigenvalue weighted by molar-refractivity contribution is -0.121. The summed E-state index contributed by atoms with van der Waals surface area (Å²) in [6.07, 6.45) is 0.742. The highest BCUT2D eigenvalue weighted by molar-refractivity contribution is 5.90. The first-order valence-corrected chi connectivity index (χ1v) is 9.05. The summed E-state index contributed by atoms with van der Waals surface area (Å²) in [5.74, 6) is 0.683. The molecule has 3 aromatic carbocycles. The molecule has 3 rings (SSSR count). The number of nitrogens with one attached hydrogen (secondary N) is 1. The lowest BCUT2D eigenvalue weighted by Gasteiger charge is -2.24. The average Bonchev–Trinajstić information content (AvgIpc) is 2.67. The first kappa shape index (κ1) is 18.9. The van der Waals surface area contributed by atoms with Crippen molar-refractivity contribution in [3.63, 3.8) is 0 Å². The van der Waals surface area contributed by atoms with E-state index in [9.17, 15) is 9.90 Å². The number of benzene rings is 3. The van der Waals surface area contributed by atoms with Crippen LogP contribution in [0.25, 0.3) is 10.8 Å². The fourth-order valence-electron chi connectivity index (χ4n) is 3.22. The van der Waals surface area contributed by atoms with Crippen molar-refractivity contribution in [1.82, 2.24) is 5.32 Å². The summed E-state index contributed by atoms with van der Waals surface area (Å²) in [6, 6.07) is 21.6. The van der Waals surface area contributed by atoms with Gasteiger partial charge >= 0.3 is 0 Å². The number of fused-ring (bicyclic) bond motifs is 1. The van der Waals surface area contributed by atoms with Crippen molar-refractivity contribution in [2.45, 2.75) is 25.4 Å². The third-order valence-electron chi connectivity index (χ3n) is 4.64. The Bertz CT molecular complexity index is 911. The van der Waals surface area contributed by atoms with Crippen LogP contribution in [0.4, 0.5) is 0 Å². The highest BCUT2D eigenvalue weighted by atomic mass is 16.5. The maximum Gasteiger partial charge on any atom is 0.224 e. The zero-order valence-corrected chi connectivity index (χ0v) is 15.7. The molecule has 0 bridgehead atoms. The second-order valence-corrected chi connectivity index (χ2v) is 7.11. The summed E-state index contributed by atoms with van der Waals surface area (Å²) in [7, 11) is 1.62. The van der Waals surface area contributed by atoms with Gasteiger partial charge in [0, 0.05) is 13.0 Å². The van der Waals surface area contributed by atoms with E-state index in [2.05, 4.69) is 5.32 Å². The van der Waals surface area contributed by atoms with E-state index in [0.29, 0.717) is 12.8 Å². The van der Waals surface area contributed by atoms with Crippen LogP contribution in [0.2, 0.25) is 0 Å². The molecule has 0 aliphatic rings. The van der Waals surface area contributed by atoms with Gasteiger partial charge in [-0.1, -0.05) is 54.6 Å². The summed E-state index contributed by atoms with van der Waals surface area (Å²) in [4.78, 5) is 12.4. The Morgan fingerprint density at radius 3 is 2.48 bits per heavy atom. The van der Waals surface area contributed by atoms with Crippen LogP contribution in [0.1, 0.15) is 18.1 Å². The van der Waals surface area contributed by atoms with Crippen molar-refractivity contribution in [3.05, 3.63) is 77.9 Å². The third kappa shape index (κ3) is 5.08. The zero-order valence-electron chi connectivity index (χ0n) is 15.7. The Morgan fingerprint density at radius 1 is 1.04 bits per heavy atom. The van der Waals surface area contributed by atoms with Crippen molar-refractivity contribution in [2.75, 3.05) is 13.7 Å². The number of hydrogen-bond donors (Lipinski definition) is 2. The fraction of sp³-hybridized carbons (Fsp3) is 0.261. The van der Waals surface area contributed by atoms with Crippen molar-refractivity contribution >= 4 is 16.7 Å². The monoisotopic (exact) mass is 363 g/mol. The molecule has 0 aliphatic heterocycles. The molecular weight excluding hydrogens is 338 g/mol. The van der Waals surface area contributed by atoms with Crippen LogP contribution in [0.3, 0.4) is 0 Å². The number of amides is 1. The van der Waals surface area contributed by atoms with Crippen LogP contribution >= 0.6 is 0 Å². The molecule has 0 aromatic heterocycles. The van der Waals surface area contributed by atoms with Gasteiger partial charge in [-0.05, 0) is 41.0 Å². The average molecular weight is 363 g/mol. The normalized spacial score (nSPS) is 13.1. The minimum atomic E-state index is -1.02. The second kappa shape index (κ2) is 8.23. The highest BCUT2D eigenvalue weighted by Gasteiger charge is 2.22. The first-order chi connectivity index (χ1) is 13.0. The van der Waals surface area contributed by atoms with E-state index in [1.54, 1.807) is 14.0 Å². The van der Waals surface area contributed by atoms with Gasteiger partial charge in [-0.25, -0.2) is 0 Å². The SMILES string of the molecule is COc1ccc(CC(C)(O)CNC(=O)Cc2cccc3ccccc23)cc1. The van der Waals surface area contributed by atoms with Gasteiger partial charge in [-0.2, -0.15) is 0 Å². The number of rotatable bonds is 7. The van der Waals surface area contributed by atoms with Crippen molar-refractivity contribution < 1.29 is 14.6 Å². The predicted octanol–water partition coefficient (Wildman–Crippen LogP) is 3.50. The molecule has 0 radical (unpaired) electrons. The van der Waals surface area contributed by atoms with E-state index >= 15 is 0 Å². The minimum absolute atomic E-state index is 0.0960. The number of carbonyl (C=O) groups excluding carboxylic acids is 1. The van der Waals surface area contributed by atoms with E-state index in [1.807, 2.05) is 66.7 Å². The molecule has 27 heavy (non-hydrogen) atoms. The lowest BCUT2D eigenvalue weighted by Crippen LogP contribution is -2.42. The van der Waals surface area contributed by atoms with E-state index < -0.39 is 5.60 Å². The van der Waals surface area contributed by atoms with Gasteiger partial charge in [0.05, 0.1) is 19.1 Å². The summed E-state index contributed by atoms with van der Waals surface area (Å²) in [5.41, 5.74) is 0.952. The van der Waals surface area contributed by atoms with Crippen LogP contribution < -0.4 is 10.1 Å². The minimum Gasteiger partial charge on any atom is -0.497 e. The molecule has 3 aromatic rings. The lowest BCUT2D eigenvalue weighted by atomic mass is 9.96. The Balaban J connectivity index is 1.58. The van der Waals surface area contributed by atoms with Gasteiger partial charge in [0.25, 0.3) is 0 Å². The molecule has 0 saturated carbocycles. The number of methoxy groups -OCH3 is 1. The Labute approximate surface area is 159 Å². The molecule has 1 atom stereocenters. The largest absolute Gasteiger partial charge is 0.497 e. The quantitative estimate of drug-likeness (QED) is 0.675. The van der Waals surface area contributed by atoms with Gasteiger partial charge in [0.2, 0.25) is 5.91 Å². The summed E-state index contributed by atoms with van der Waals surface area (Å²) in [5, 5.41) is 15.7. The summed E-state index contributed by atoms with van der Waals surface area (Å²) < 4.78 is 5.15. The fourth-order valence-corrected chi connectivity index (χ4v) is 3.22. The van der Waals surface area contributed by atoms with Gasteiger partial charge in [0.15, 0.2) is 0 Å². The standard InChI is InChI=1S/C23H25NO3/c1-23(26,15-17-10-12-20(27-2)13-11-17)16-24-22(25)14-19-8-5-7-18-6-3-4-9-21(18)19/h3-13,26H,14-16H2,1-2H3,(H,24,25). The molecule has 2 N–H and O–H groups in total. The number of aliphatic hydroxyl groups is 1. The maximum atomic E-state index is 12.4. The van der Waals surface area contributed by atoms with Crippen molar-refractivity contribution in [2.24, 2.45) is 0 Å². The Morgan fingerprint density at radius 2 is 1.74 bits per heavy atom. The molecule has 0 fully saturated rings. The van der Waals surface area contributed by atoms with Crippen molar-refractivity contribution in [3.8, 4) is 5.75 Å². The van der Waals surface area contributed by atoms with E-state index in [1.165, 1.54) is 0 Å². The first-order valence-electron chi connectivity index (χ1n) is 9.05. The van der Waals surface area contributed by atoms with Crippen LogP contribution in [0.15, 0.2) is 66.7 Å². The Kier molecular flexibility index (Phi) is 5.77. The molecule has 4 nitrogen and oxygen atoms in total. The maximum absolute atomic E-state index is 12.4. The molecule has 0 heterocycles. The predicted molar refractivity (Wildman–Crippen MR) is 108 cm³/mol. The molecular formula is C23H25NO3. The van der Waals surface area contributed by atoms with E-state index in [-0.39, 0.29) is 12.5 Å². The number of hydrogen-bond acceptors (Lipinski definition) is 3. The zero-order chi connectivity index (χ0) is 19.3. The van der Waals surface area contributed by atoms with Crippen LogP contribution in [-0.4, -0.2) is 30.3 Å². The topological polar surface area (TPSA) is 58.6 Å². The Hall–Kier alpha value is -2.85. The highest BCUT2D eigenvalue weighted by Crippen LogP contribution is 2.19.